The normalized spacial score (nSPS) is 21.4. The fourth-order valence-electron chi connectivity index (χ4n) is 3.04. The van der Waals surface area contributed by atoms with E-state index in [0.717, 1.165) is 25.9 Å². The second-order valence-electron chi connectivity index (χ2n) is 5.67. The van der Waals surface area contributed by atoms with E-state index < -0.39 is 11.6 Å². The molecule has 5 heteroatoms. The van der Waals surface area contributed by atoms with E-state index in [4.69, 9.17) is 4.74 Å². The summed E-state index contributed by atoms with van der Waals surface area (Å²) in [5.74, 6) is -0.780. The van der Waals surface area contributed by atoms with Gasteiger partial charge in [-0.2, -0.15) is 0 Å². The summed E-state index contributed by atoms with van der Waals surface area (Å²) >= 11 is 0. The van der Waals surface area contributed by atoms with Gasteiger partial charge in [0.05, 0.1) is 17.5 Å². The number of nitrogens with zero attached hydrogens (tertiary/aromatic N) is 1. The zero-order valence-corrected chi connectivity index (χ0v) is 11.4. The largest absolute Gasteiger partial charge is 0.486 e. The van der Waals surface area contributed by atoms with E-state index in [0.29, 0.717) is 5.75 Å². The molecule has 0 aromatic heterocycles. The number of carboxylic acid groups (broad SMARTS) is 1. The number of likely N-dealkylation sites (tertiary alicyclic amines) is 1. The molecule has 0 aliphatic carbocycles. The summed E-state index contributed by atoms with van der Waals surface area (Å²) < 4.78 is 6.06. The summed E-state index contributed by atoms with van der Waals surface area (Å²) in [4.78, 5) is 25.8. The van der Waals surface area contributed by atoms with Crippen molar-refractivity contribution in [1.29, 1.82) is 0 Å². The van der Waals surface area contributed by atoms with Gasteiger partial charge in [-0.1, -0.05) is 6.07 Å². The molecule has 0 amide bonds. The van der Waals surface area contributed by atoms with Crippen LogP contribution in [0.25, 0.3) is 0 Å². The minimum Gasteiger partial charge on any atom is -0.486 e. The highest BCUT2D eigenvalue weighted by Crippen LogP contribution is 2.40. The van der Waals surface area contributed by atoms with Crippen LogP contribution in [-0.4, -0.2) is 47.5 Å². The molecule has 1 saturated heterocycles. The van der Waals surface area contributed by atoms with Crippen molar-refractivity contribution in [2.24, 2.45) is 0 Å². The number of piperidine rings is 1. The van der Waals surface area contributed by atoms with Crippen LogP contribution < -0.4 is 4.74 Å². The third-order valence-electron chi connectivity index (χ3n) is 4.24. The second-order valence-corrected chi connectivity index (χ2v) is 5.67. The molecular formula is C15H17NO4. The lowest BCUT2D eigenvalue weighted by Gasteiger charge is -2.43. The first-order valence-electron chi connectivity index (χ1n) is 6.78. The maximum atomic E-state index is 12.4. The summed E-state index contributed by atoms with van der Waals surface area (Å²) in [5.41, 5.74) is -0.187. The highest BCUT2D eigenvalue weighted by Gasteiger charge is 2.43. The molecule has 1 aromatic rings. The predicted octanol–water partition coefficient (Wildman–Crippen LogP) is 1.81. The van der Waals surface area contributed by atoms with Crippen LogP contribution in [0.2, 0.25) is 0 Å². The zero-order valence-electron chi connectivity index (χ0n) is 11.4. The van der Waals surface area contributed by atoms with Gasteiger partial charge in [-0.15, -0.1) is 0 Å². The molecular weight excluding hydrogens is 258 g/mol. The molecule has 1 aromatic carbocycles. The van der Waals surface area contributed by atoms with Crippen molar-refractivity contribution in [2.45, 2.75) is 24.9 Å². The van der Waals surface area contributed by atoms with Crippen LogP contribution in [0.15, 0.2) is 18.2 Å². The van der Waals surface area contributed by atoms with Crippen molar-refractivity contribution < 1.29 is 19.4 Å². The summed E-state index contributed by atoms with van der Waals surface area (Å²) in [6.45, 7) is 1.78. The standard InChI is InChI=1S/C15H17NO4/c1-16-7-5-15(6-8-16)9-11(17)13-10(14(18)19)3-2-4-12(13)20-15/h2-4H,5-9H2,1H3,(H,18,19). The third-order valence-corrected chi connectivity index (χ3v) is 4.24. The summed E-state index contributed by atoms with van der Waals surface area (Å²) in [6.07, 6.45) is 1.87. The SMILES string of the molecule is CN1CCC2(CC1)CC(=O)c1c(cccc1C(=O)O)O2. The lowest BCUT2D eigenvalue weighted by atomic mass is 9.81. The second kappa shape index (κ2) is 4.59. The van der Waals surface area contributed by atoms with Crippen molar-refractivity contribution in [3.05, 3.63) is 29.3 Å². The van der Waals surface area contributed by atoms with Gasteiger partial charge in [0.15, 0.2) is 5.78 Å². The highest BCUT2D eigenvalue weighted by atomic mass is 16.5. The molecule has 106 valence electrons. The topological polar surface area (TPSA) is 66.8 Å². The van der Waals surface area contributed by atoms with Crippen molar-refractivity contribution >= 4 is 11.8 Å². The number of ether oxygens (including phenoxy) is 1. The first-order valence-corrected chi connectivity index (χ1v) is 6.78. The number of aromatic carboxylic acids is 1. The van der Waals surface area contributed by atoms with Crippen LogP contribution in [-0.2, 0) is 0 Å². The Balaban J connectivity index is 1.98. The Labute approximate surface area is 117 Å². The smallest absolute Gasteiger partial charge is 0.336 e. The van der Waals surface area contributed by atoms with E-state index in [1.807, 2.05) is 7.05 Å². The third kappa shape index (κ3) is 2.08. The Morgan fingerprint density at radius 3 is 2.70 bits per heavy atom. The fourth-order valence-corrected chi connectivity index (χ4v) is 3.04. The molecule has 2 heterocycles. The van der Waals surface area contributed by atoms with E-state index >= 15 is 0 Å². The number of benzene rings is 1. The van der Waals surface area contributed by atoms with Gasteiger partial charge in [0, 0.05) is 25.9 Å². The number of Topliss-reactive ketones (excluding diaryl/α,β-unsaturated/α-hetero) is 1. The Kier molecular flexibility index (Phi) is 3.01. The first kappa shape index (κ1) is 13.1. The molecule has 1 fully saturated rings. The summed E-state index contributed by atoms with van der Waals surface area (Å²) in [6, 6.07) is 4.78. The van der Waals surface area contributed by atoms with Crippen LogP contribution >= 0.6 is 0 Å². The van der Waals surface area contributed by atoms with Crippen LogP contribution in [0.3, 0.4) is 0 Å². The molecule has 0 atom stereocenters. The van der Waals surface area contributed by atoms with Gasteiger partial charge < -0.3 is 14.7 Å². The Bertz CT molecular complexity index is 573. The van der Waals surface area contributed by atoms with Gasteiger partial charge in [0.2, 0.25) is 0 Å². The van der Waals surface area contributed by atoms with E-state index in [9.17, 15) is 14.7 Å². The van der Waals surface area contributed by atoms with Crippen LogP contribution in [0.5, 0.6) is 5.75 Å². The van der Waals surface area contributed by atoms with Gasteiger partial charge in [0.25, 0.3) is 0 Å². The Morgan fingerprint density at radius 2 is 2.05 bits per heavy atom. The summed E-state index contributed by atoms with van der Waals surface area (Å²) in [7, 11) is 2.05. The number of carboxylic acids is 1. The maximum Gasteiger partial charge on any atom is 0.336 e. The molecule has 5 nitrogen and oxygen atoms in total. The molecule has 20 heavy (non-hydrogen) atoms. The first-order chi connectivity index (χ1) is 9.51. The van der Waals surface area contributed by atoms with E-state index in [1.165, 1.54) is 6.07 Å². The lowest BCUT2D eigenvalue weighted by molar-refractivity contribution is -0.00397. The predicted molar refractivity (Wildman–Crippen MR) is 72.4 cm³/mol. The van der Waals surface area contributed by atoms with E-state index in [-0.39, 0.29) is 23.3 Å². The number of rotatable bonds is 1. The van der Waals surface area contributed by atoms with Gasteiger partial charge in [-0.05, 0) is 19.2 Å². The minimum atomic E-state index is -1.09. The van der Waals surface area contributed by atoms with Crippen molar-refractivity contribution in [1.82, 2.24) is 4.90 Å². The molecule has 0 bridgehead atoms. The van der Waals surface area contributed by atoms with Crippen molar-refractivity contribution in [3.63, 3.8) is 0 Å². The van der Waals surface area contributed by atoms with Gasteiger partial charge in [-0.3, -0.25) is 4.79 Å². The number of hydrogen-bond donors (Lipinski definition) is 1. The minimum absolute atomic E-state index is 0.0373. The molecule has 2 aliphatic heterocycles. The van der Waals surface area contributed by atoms with Gasteiger partial charge >= 0.3 is 5.97 Å². The van der Waals surface area contributed by atoms with Crippen molar-refractivity contribution in [2.75, 3.05) is 20.1 Å². The number of carbonyl (C=O) groups excluding carboxylic acids is 1. The highest BCUT2D eigenvalue weighted by molar-refractivity contribution is 6.08. The lowest BCUT2D eigenvalue weighted by Crippen LogP contribution is -2.50. The number of carbonyl (C=O) groups is 2. The quantitative estimate of drug-likeness (QED) is 0.846. The molecule has 0 saturated carbocycles. The van der Waals surface area contributed by atoms with Crippen LogP contribution in [0.1, 0.15) is 40.0 Å². The Hall–Kier alpha value is -1.88. The molecule has 3 rings (SSSR count). The number of hydrogen-bond acceptors (Lipinski definition) is 4. The monoisotopic (exact) mass is 275 g/mol. The zero-order chi connectivity index (χ0) is 14.3. The number of fused-ring (bicyclic) bond motifs is 1. The van der Waals surface area contributed by atoms with Crippen molar-refractivity contribution in [3.8, 4) is 5.75 Å². The number of ketones is 1. The van der Waals surface area contributed by atoms with E-state index in [1.54, 1.807) is 12.1 Å². The van der Waals surface area contributed by atoms with Gasteiger partial charge in [0.1, 0.15) is 11.4 Å². The molecule has 2 aliphatic rings. The fraction of sp³-hybridized carbons (Fsp3) is 0.467. The molecule has 1 N–H and O–H groups in total. The average molecular weight is 275 g/mol. The van der Waals surface area contributed by atoms with E-state index in [2.05, 4.69) is 4.90 Å². The average Bonchev–Trinajstić information content (AvgIpc) is 2.41. The molecule has 1 spiro atoms. The Morgan fingerprint density at radius 1 is 1.35 bits per heavy atom. The molecule has 0 radical (unpaired) electrons. The summed E-state index contributed by atoms with van der Waals surface area (Å²) in [5, 5.41) is 9.18. The maximum absolute atomic E-state index is 12.4. The molecule has 0 unspecified atom stereocenters. The van der Waals surface area contributed by atoms with Crippen LogP contribution in [0.4, 0.5) is 0 Å². The van der Waals surface area contributed by atoms with Crippen LogP contribution in [0, 0.1) is 0 Å². The van der Waals surface area contributed by atoms with Gasteiger partial charge in [-0.25, -0.2) is 4.79 Å².